The predicted octanol–water partition coefficient (Wildman–Crippen LogP) is 1.84. The molecular formula is C14H24N4O. The summed E-state index contributed by atoms with van der Waals surface area (Å²) in [4.78, 5) is 13.6. The average Bonchev–Trinajstić information content (AvgIpc) is 2.44. The van der Waals surface area contributed by atoms with Gasteiger partial charge in [0, 0.05) is 18.7 Å². The van der Waals surface area contributed by atoms with Crippen LogP contribution in [0.25, 0.3) is 0 Å². The van der Waals surface area contributed by atoms with Crippen LogP contribution < -0.4 is 10.9 Å². The van der Waals surface area contributed by atoms with E-state index in [2.05, 4.69) is 27.5 Å². The van der Waals surface area contributed by atoms with Crippen LogP contribution in [0.4, 0.5) is 5.69 Å². The van der Waals surface area contributed by atoms with Gasteiger partial charge in [0.1, 0.15) is 0 Å². The standard InChI is InChI=1S/C14H24N4O/c1-18(13-6-3-2-4-7-13)9-5-8-15-12-10-14(19)17-16-11-12/h10-11,13H,2-9H2,1H3,(H2,15,17,19). The predicted molar refractivity (Wildman–Crippen MR) is 77.5 cm³/mol. The van der Waals surface area contributed by atoms with Gasteiger partial charge in [0.25, 0.3) is 5.56 Å². The van der Waals surface area contributed by atoms with E-state index in [1.54, 1.807) is 6.20 Å². The van der Waals surface area contributed by atoms with Gasteiger partial charge in [-0.3, -0.25) is 4.79 Å². The molecule has 5 heteroatoms. The molecule has 0 aliphatic heterocycles. The summed E-state index contributed by atoms with van der Waals surface area (Å²) in [7, 11) is 2.23. The summed E-state index contributed by atoms with van der Waals surface area (Å²) in [6.07, 6.45) is 9.59. The minimum atomic E-state index is -0.163. The summed E-state index contributed by atoms with van der Waals surface area (Å²) in [5, 5.41) is 9.37. The van der Waals surface area contributed by atoms with E-state index in [1.807, 2.05) is 0 Å². The first kappa shape index (κ1) is 14.1. The summed E-state index contributed by atoms with van der Waals surface area (Å²) in [5.74, 6) is 0. The highest BCUT2D eigenvalue weighted by Crippen LogP contribution is 2.21. The molecule has 2 rings (SSSR count). The van der Waals surface area contributed by atoms with Crippen LogP contribution in [0.15, 0.2) is 17.1 Å². The SMILES string of the molecule is CN(CCCNc1cn[nH]c(=O)c1)C1CCCCC1. The van der Waals surface area contributed by atoms with E-state index in [4.69, 9.17) is 0 Å². The average molecular weight is 264 g/mol. The molecule has 0 unspecified atom stereocenters. The molecule has 1 aromatic heterocycles. The first-order valence-corrected chi connectivity index (χ1v) is 7.24. The number of rotatable bonds is 6. The van der Waals surface area contributed by atoms with E-state index in [0.717, 1.165) is 31.2 Å². The molecule has 0 aromatic carbocycles. The van der Waals surface area contributed by atoms with Crippen LogP contribution in [-0.4, -0.2) is 41.3 Å². The van der Waals surface area contributed by atoms with Crippen LogP contribution in [0.1, 0.15) is 38.5 Å². The molecule has 1 aliphatic rings. The smallest absolute Gasteiger partial charge is 0.266 e. The molecule has 1 aromatic rings. The van der Waals surface area contributed by atoms with E-state index in [0.29, 0.717) is 0 Å². The molecule has 0 bridgehead atoms. The van der Waals surface area contributed by atoms with E-state index < -0.39 is 0 Å². The molecule has 1 fully saturated rings. The maximum atomic E-state index is 11.1. The Morgan fingerprint density at radius 1 is 1.42 bits per heavy atom. The molecule has 5 nitrogen and oxygen atoms in total. The van der Waals surface area contributed by atoms with Gasteiger partial charge in [-0.25, -0.2) is 5.10 Å². The summed E-state index contributed by atoms with van der Waals surface area (Å²) < 4.78 is 0. The molecule has 0 spiro atoms. The molecule has 106 valence electrons. The third kappa shape index (κ3) is 4.67. The number of nitrogens with one attached hydrogen (secondary N) is 2. The van der Waals surface area contributed by atoms with Gasteiger partial charge < -0.3 is 10.2 Å². The number of hydrogen-bond acceptors (Lipinski definition) is 4. The van der Waals surface area contributed by atoms with Crippen LogP contribution in [0, 0.1) is 0 Å². The molecule has 1 saturated carbocycles. The highest BCUT2D eigenvalue weighted by Gasteiger charge is 2.17. The van der Waals surface area contributed by atoms with Crippen LogP contribution in [-0.2, 0) is 0 Å². The van der Waals surface area contributed by atoms with Crippen molar-refractivity contribution >= 4 is 5.69 Å². The Bertz CT molecular complexity index is 425. The van der Waals surface area contributed by atoms with Gasteiger partial charge in [0.05, 0.1) is 11.9 Å². The van der Waals surface area contributed by atoms with E-state index in [1.165, 1.54) is 38.2 Å². The monoisotopic (exact) mass is 264 g/mol. The van der Waals surface area contributed by atoms with Crippen LogP contribution in [0.3, 0.4) is 0 Å². The molecule has 0 amide bonds. The lowest BCUT2D eigenvalue weighted by molar-refractivity contribution is 0.191. The van der Waals surface area contributed by atoms with E-state index in [9.17, 15) is 4.79 Å². The van der Waals surface area contributed by atoms with Crippen LogP contribution in [0.2, 0.25) is 0 Å². The van der Waals surface area contributed by atoms with Crippen LogP contribution in [0.5, 0.6) is 0 Å². The van der Waals surface area contributed by atoms with Crippen molar-refractivity contribution in [1.82, 2.24) is 15.1 Å². The van der Waals surface area contributed by atoms with Gasteiger partial charge in [-0.15, -0.1) is 0 Å². The molecule has 0 atom stereocenters. The third-order valence-electron chi connectivity index (χ3n) is 3.88. The summed E-state index contributed by atoms with van der Waals surface area (Å²) >= 11 is 0. The molecule has 2 N–H and O–H groups in total. The molecule has 0 radical (unpaired) electrons. The molecule has 0 saturated heterocycles. The topological polar surface area (TPSA) is 61.0 Å². The van der Waals surface area contributed by atoms with Gasteiger partial charge in [-0.1, -0.05) is 19.3 Å². The molecule has 19 heavy (non-hydrogen) atoms. The number of aromatic nitrogens is 2. The Labute approximate surface area is 114 Å². The van der Waals surface area contributed by atoms with Crippen molar-refractivity contribution in [1.29, 1.82) is 0 Å². The van der Waals surface area contributed by atoms with Gasteiger partial charge >= 0.3 is 0 Å². The van der Waals surface area contributed by atoms with Crippen molar-refractivity contribution in [2.45, 2.75) is 44.6 Å². The minimum Gasteiger partial charge on any atom is -0.384 e. The maximum Gasteiger partial charge on any atom is 0.266 e. The summed E-state index contributed by atoms with van der Waals surface area (Å²) in [6.45, 7) is 1.98. The maximum absolute atomic E-state index is 11.1. The molecule has 1 aliphatic carbocycles. The van der Waals surface area contributed by atoms with E-state index >= 15 is 0 Å². The fourth-order valence-electron chi connectivity index (χ4n) is 2.74. The van der Waals surface area contributed by atoms with Gasteiger partial charge in [-0.2, -0.15) is 5.10 Å². The Morgan fingerprint density at radius 3 is 2.95 bits per heavy atom. The largest absolute Gasteiger partial charge is 0.384 e. The second-order valence-electron chi connectivity index (χ2n) is 5.39. The van der Waals surface area contributed by atoms with Crippen LogP contribution >= 0.6 is 0 Å². The summed E-state index contributed by atoms with van der Waals surface area (Å²) in [6, 6.07) is 2.31. The second-order valence-corrected chi connectivity index (χ2v) is 5.39. The zero-order chi connectivity index (χ0) is 13.5. The number of anilines is 1. The first-order chi connectivity index (χ1) is 9.25. The van der Waals surface area contributed by atoms with Crippen molar-refractivity contribution in [2.75, 3.05) is 25.5 Å². The van der Waals surface area contributed by atoms with Crippen molar-refractivity contribution in [3.8, 4) is 0 Å². The number of aromatic amines is 1. The Morgan fingerprint density at radius 2 is 2.21 bits per heavy atom. The zero-order valence-electron chi connectivity index (χ0n) is 11.7. The van der Waals surface area contributed by atoms with Crippen molar-refractivity contribution < 1.29 is 0 Å². The second kappa shape index (κ2) is 7.28. The fraction of sp³-hybridized carbons (Fsp3) is 0.714. The van der Waals surface area contributed by atoms with Crippen molar-refractivity contribution in [2.24, 2.45) is 0 Å². The molecule has 1 heterocycles. The van der Waals surface area contributed by atoms with E-state index in [-0.39, 0.29) is 5.56 Å². The minimum absolute atomic E-state index is 0.163. The lowest BCUT2D eigenvalue weighted by Gasteiger charge is -2.31. The third-order valence-corrected chi connectivity index (χ3v) is 3.88. The first-order valence-electron chi connectivity index (χ1n) is 7.24. The Balaban J connectivity index is 1.64. The molecular weight excluding hydrogens is 240 g/mol. The van der Waals surface area contributed by atoms with Gasteiger partial charge in [0.2, 0.25) is 0 Å². The lowest BCUT2D eigenvalue weighted by Crippen LogP contribution is -2.34. The van der Waals surface area contributed by atoms with Gasteiger partial charge in [-0.05, 0) is 32.9 Å². The highest BCUT2D eigenvalue weighted by molar-refractivity contribution is 5.38. The lowest BCUT2D eigenvalue weighted by atomic mass is 9.94. The zero-order valence-corrected chi connectivity index (χ0v) is 11.7. The normalized spacial score (nSPS) is 16.7. The number of nitrogens with zero attached hydrogens (tertiary/aromatic N) is 2. The number of H-pyrrole nitrogens is 1. The quantitative estimate of drug-likeness (QED) is 0.770. The highest BCUT2D eigenvalue weighted by atomic mass is 16.1. The van der Waals surface area contributed by atoms with Gasteiger partial charge in [0.15, 0.2) is 0 Å². The Kier molecular flexibility index (Phi) is 5.39. The Hall–Kier alpha value is -1.36. The summed E-state index contributed by atoms with van der Waals surface area (Å²) in [5.41, 5.74) is 0.633. The fourth-order valence-corrected chi connectivity index (χ4v) is 2.74. The number of hydrogen-bond donors (Lipinski definition) is 2. The van der Waals surface area contributed by atoms with Crippen molar-refractivity contribution in [3.05, 3.63) is 22.6 Å². The van der Waals surface area contributed by atoms with Crippen molar-refractivity contribution in [3.63, 3.8) is 0 Å².